The van der Waals surface area contributed by atoms with Gasteiger partial charge in [-0.25, -0.2) is 0 Å². The zero-order valence-electron chi connectivity index (χ0n) is 15.1. The van der Waals surface area contributed by atoms with Gasteiger partial charge in [-0.2, -0.15) is 4.80 Å². The van der Waals surface area contributed by atoms with Crippen LogP contribution in [0.2, 0.25) is 0 Å². The number of ether oxygens (including phenoxy) is 1. The molecule has 0 radical (unpaired) electrons. The number of carbonyl (C=O) groups excluding carboxylic acids is 2. The van der Waals surface area contributed by atoms with Crippen LogP contribution in [-0.2, 0) is 16.1 Å². The Hall–Kier alpha value is -2.81. The maximum atomic E-state index is 12.8. The van der Waals surface area contributed by atoms with E-state index in [-0.39, 0.29) is 18.4 Å². The number of tetrazole rings is 1. The Kier molecular flexibility index (Phi) is 5.50. The van der Waals surface area contributed by atoms with Crippen molar-refractivity contribution in [2.24, 2.45) is 0 Å². The van der Waals surface area contributed by atoms with Gasteiger partial charge in [0.1, 0.15) is 6.61 Å². The third kappa shape index (κ3) is 4.13. The fraction of sp³-hybridized carbons (Fsp3) is 0.278. The number of benzene rings is 1. The largest absolute Gasteiger partial charge is 0.464 e. The van der Waals surface area contributed by atoms with E-state index in [1.54, 1.807) is 12.3 Å². The standard InChI is InChI=1S/C18H18BrN5O3/c1-10-4-5-13(8-15(10)19)17(26)14-9-20-16(11(14)2)18-21-23-24(22-18)6-7-27-12(3)25/h4-5,8-9,20H,6-7H2,1-3H3. The summed E-state index contributed by atoms with van der Waals surface area (Å²) in [7, 11) is 0. The van der Waals surface area contributed by atoms with Gasteiger partial charge in [0.25, 0.3) is 0 Å². The van der Waals surface area contributed by atoms with E-state index < -0.39 is 0 Å². The van der Waals surface area contributed by atoms with Crippen molar-refractivity contribution >= 4 is 27.7 Å². The third-order valence-corrected chi connectivity index (χ3v) is 4.95. The van der Waals surface area contributed by atoms with Gasteiger partial charge in [0.15, 0.2) is 5.78 Å². The molecule has 3 rings (SSSR count). The summed E-state index contributed by atoms with van der Waals surface area (Å²) in [6, 6.07) is 5.52. The lowest BCUT2D eigenvalue weighted by Gasteiger charge is -2.03. The Morgan fingerprint density at radius 1 is 1.30 bits per heavy atom. The first-order valence-corrected chi connectivity index (χ1v) is 9.06. The smallest absolute Gasteiger partial charge is 0.302 e. The Bertz CT molecular complexity index is 1010. The van der Waals surface area contributed by atoms with Gasteiger partial charge in [0.2, 0.25) is 5.82 Å². The molecular weight excluding hydrogens is 414 g/mol. The predicted molar refractivity (Wildman–Crippen MR) is 101 cm³/mol. The van der Waals surface area contributed by atoms with Crippen LogP contribution in [0.15, 0.2) is 28.9 Å². The van der Waals surface area contributed by atoms with Crippen LogP contribution in [0.1, 0.15) is 34.0 Å². The van der Waals surface area contributed by atoms with E-state index in [1.807, 2.05) is 26.0 Å². The van der Waals surface area contributed by atoms with Gasteiger partial charge in [-0.3, -0.25) is 9.59 Å². The lowest BCUT2D eigenvalue weighted by atomic mass is 10.0. The zero-order valence-corrected chi connectivity index (χ0v) is 16.7. The lowest BCUT2D eigenvalue weighted by Crippen LogP contribution is -2.11. The molecular formula is C18H18BrN5O3. The van der Waals surface area contributed by atoms with Crippen molar-refractivity contribution in [3.8, 4) is 11.5 Å². The third-order valence-electron chi connectivity index (χ3n) is 4.09. The van der Waals surface area contributed by atoms with Crippen LogP contribution in [0.25, 0.3) is 11.5 Å². The summed E-state index contributed by atoms with van der Waals surface area (Å²) in [4.78, 5) is 28.0. The molecule has 0 fully saturated rings. The average Bonchev–Trinajstić information content (AvgIpc) is 3.23. The number of hydrogen-bond acceptors (Lipinski definition) is 6. The number of esters is 1. The number of aromatic nitrogens is 5. The number of nitrogens with one attached hydrogen (secondary N) is 1. The highest BCUT2D eigenvalue weighted by Gasteiger charge is 2.19. The van der Waals surface area contributed by atoms with Crippen molar-refractivity contribution in [2.75, 3.05) is 6.61 Å². The number of halogens is 1. The molecule has 0 saturated carbocycles. The summed E-state index contributed by atoms with van der Waals surface area (Å²) in [5, 5.41) is 12.2. The van der Waals surface area contributed by atoms with Gasteiger partial charge in [0.05, 0.1) is 12.2 Å². The summed E-state index contributed by atoms with van der Waals surface area (Å²) in [5.74, 6) is -0.0705. The second kappa shape index (κ2) is 7.83. The van der Waals surface area contributed by atoms with Crippen LogP contribution in [-0.4, -0.2) is 43.6 Å². The number of hydrogen-bond donors (Lipinski definition) is 1. The molecule has 0 amide bonds. The molecule has 0 spiro atoms. The molecule has 0 aliphatic rings. The Balaban J connectivity index is 1.81. The van der Waals surface area contributed by atoms with Gasteiger partial charge < -0.3 is 9.72 Å². The van der Waals surface area contributed by atoms with E-state index in [4.69, 9.17) is 4.74 Å². The van der Waals surface area contributed by atoms with Crippen LogP contribution >= 0.6 is 15.9 Å². The maximum Gasteiger partial charge on any atom is 0.302 e. The summed E-state index contributed by atoms with van der Waals surface area (Å²) in [5.41, 5.74) is 3.59. The molecule has 9 heteroatoms. The lowest BCUT2D eigenvalue weighted by molar-refractivity contribution is -0.141. The van der Waals surface area contributed by atoms with Crippen molar-refractivity contribution in [3.05, 3.63) is 51.1 Å². The summed E-state index contributed by atoms with van der Waals surface area (Å²) in [6.07, 6.45) is 1.65. The molecule has 0 aliphatic heterocycles. The topological polar surface area (TPSA) is 103 Å². The second-order valence-corrected chi connectivity index (χ2v) is 6.90. The van der Waals surface area contributed by atoms with E-state index in [0.717, 1.165) is 15.6 Å². The summed E-state index contributed by atoms with van der Waals surface area (Å²) in [6.45, 7) is 5.61. The van der Waals surface area contributed by atoms with E-state index in [0.29, 0.717) is 29.2 Å². The van der Waals surface area contributed by atoms with E-state index in [1.165, 1.54) is 11.7 Å². The fourth-order valence-corrected chi connectivity index (χ4v) is 2.94. The SMILES string of the molecule is CC(=O)OCCn1nnc(-c2[nH]cc(C(=O)c3ccc(C)c(Br)c3)c2C)n1. The van der Waals surface area contributed by atoms with Crippen molar-refractivity contribution in [2.45, 2.75) is 27.3 Å². The Morgan fingerprint density at radius 2 is 2.07 bits per heavy atom. The first kappa shape index (κ1) is 19.0. The highest BCUT2D eigenvalue weighted by atomic mass is 79.9. The molecule has 0 atom stereocenters. The number of H-pyrrole nitrogens is 1. The molecule has 1 aromatic carbocycles. The minimum Gasteiger partial charge on any atom is -0.464 e. The fourth-order valence-electron chi connectivity index (χ4n) is 2.56. The van der Waals surface area contributed by atoms with Gasteiger partial charge in [0, 0.05) is 28.7 Å². The number of aryl methyl sites for hydroxylation is 1. The molecule has 3 aromatic rings. The van der Waals surface area contributed by atoms with Crippen molar-refractivity contribution in [3.63, 3.8) is 0 Å². The van der Waals surface area contributed by atoms with Gasteiger partial charge >= 0.3 is 5.97 Å². The number of rotatable bonds is 6. The molecule has 0 aliphatic carbocycles. The van der Waals surface area contributed by atoms with E-state index >= 15 is 0 Å². The van der Waals surface area contributed by atoms with Crippen LogP contribution in [0.5, 0.6) is 0 Å². The van der Waals surface area contributed by atoms with Crippen LogP contribution in [0, 0.1) is 13.8 Å². The molecule has 2 aromatic heterocycles. The molecule has 140 valence electrons. The zero-order chi connectivity index (χ0) is 19.6. The molecule has 0 unspecified atom stereocenters. The monoisotopic (exact) mass is 431 g/mol. The van der Waals surface area contributed by atoms with Gasteiger partial charge in [-0.05, 0) is 36.3 Å². The second-order valence-electron chi connectivity index (χ2n) is 6.04. The highest BCUT2D eigenvalue weighted by Crippen LogP contribution is 2.25. The quantitative estimate of drug-likeness (QED) is 0.475. The predicted octanol–water partition coefficient (Wildman–Crippen LogP) is 2.84. The van der Waals surface area contributed by atoms with Crippen LogP contribution in [0.3, 0.4) is 0 Å². The number of aromatic amines is 1. The van der Waals surface area contributed by atoms with Gasteiger partial charge in [-0.1, -0.05) is 28.1 Å². The molecule has 0 saturated heterocycles. The van der Waals surface area contributed by atoms with E-state index in [9.17, 15) is 9.59 Å². The average molecular weight is 432 g/mol. The molecule has 27 heavy (non-hydrogen) atoms. The molecule has 8 nitrogen and oxygen atoms in total. The Labute approximate surface area is 164 Å². The van der Waals surface area contributed by atoms with Crippen LogP contribution < -0.4 is 0 Å². The highest BCUT2D eigenvalue weighted by molar-refractivity contribution is 9.10. The van der Waals surface area contributed by atoms with Crippen molar-refractivity contribution in [1.82, 2.24) is 25.2 Å². The minimum atomic E-state index is -0.360. The molecule has 1 N–H and O–H groups in total. The van der Waals surface area contributed by atoms with Crippen molar-refractivity contribution < 1.29 is 14.3 Å². The molecule has 2 heterocycles. The maximum absolute atomic E-state index is 12.8. The van der Waals surface area contributed by atoms with Crippen LogP contribution in [0.4, 0.5) is 0 Å². The number of nitrogens with zero attached hydrogens (tertiary/aromatic N) is 4. The first-order valence-electron chi connectivity index (χ1n) is 8.27. The first-order chi connectivity index (χ1) is 12.9. The molecule has 0 bridgehead atoms. The number of carbonyl (C=O) groups is 2. The summed E-state index contributed by atoms with van der Waals surface area (Å²) < 4.78 is 5.75. The van der Waals surface area contributed by atoms with Gasteiger partial charge in [-0.15, -0.1) is 10.2 Å². The summed E-state index contributed by atoms with van der Waals surface area (Å²) >= 11 is 3.46. The Morgan fingerprint density at radius 3 is 2.78 bits per heavy atom. The normalized spacial score (nSPS) is 10.8. The van der Waals surface area contributed by atoms with E-state index in [2.05, 4.69) is 36.3 Å². The van der Waals surface area contributed by atoms with Crippen molar-refractivity contribution in [1.29, 1.82) is 0 Å². The minimum absolute atomic E-state index is 0.0852. The number of ketones is 1.